The number of hydrogen-bond acceptors (Lipinski definition) is 3. The predicted molar refractivity (Wildman–Crippen MR) is 68.8 cm³/mol. The first-order chi connectivity index (χ1) is 8.11. The molecule has 0 aromatic heterocycles. The molecule has 0 spiro atoms. The molecule has 0 amide bonds. The molecule has 0 unspecified atom stereocenters. The van der Waals surface area contributed by atoms with Crippen LogP contribution in [0.4, 0.5) is 0 Å². The van der Waals surface area contributed by atoms with Gasteiger partial charge in [-0.2, -0.15) is 0 Å². The van der Waals surface area contributed by atoms with Gasteiger partial charge in [0.15, 0.2) is 11.5 Å². The Hall–Kier alpha value is -1.22. The van der Waals surface area contributed by atoms with E-state index in [-0.39, 0.29) is 5.41 Å². The lowest BCUT2D eigenvalue weighted by Gasteiger charge is -2.19. The molecule has 1 aromatic rings. The van der Waals surface area contributed by atoms with Crippen molar-refractivity contribution in [3.63, 3.8) is 0 Å². The third kappa shape index (κ3) is 3.13. The molecule has 0 fully saturated rings. The lowest BCUT2D eigenvalue weighted by atomic mass is 9.97. The first-order valence-electron chi connectivity index (χ1n) is 6.14. The fraction of sp³-hybridized carbons (Fsp3) is 0.571. The molecule has 0 aliphatic carbocycles. The van der Waals surface area contributed by atoms with Crippen LogP contribution in [0.2, 0.25) is 0 Å². The van der Waals surface area contributed by atoms with Crippen LogP contribution in [0, 0.1) is 5.41 Å². The SMILES string of the molecule is CNCCc1ccc2c(c1)OCC(C)(C)CO2. The molecule has 3 heteroatoms. The van der Waals surface area contributed by atoms with E-state index in [1.807, 2.05) is 13.1 Å². The number of fused-ring (bicyclic) bond motifs is 1. The summed E-state index contributed by atoms with van der Waals surface area (Å²) in [6, 6.07) is 6.22. The summed E-state index contributed by atoms with van der Waals surface area (Å²) in [5.41, 5.74) is 1.35. The second-order valence-corrected chi connectivity index (χ2v) is 5.38. The van der Waals surface area contributed by atoms with E-state index in [0.29, 0.717) is 13.2 Å². The first-order valence-corrected chi connectivity index (χ1v) is 6.14. The van der Waals surface area contributed by atoms with Gasteiger partial charge in [0.1, 0.15) is 0 Å². The number of nitrogens with one attached hydrogen (secondary N) is 1. The summed E-state index contributed by atoms with van der Waals surface area (Å²) in [6.07, 6.45) is 1.01. The van der Waals surface area contributed by atoms with Crippen LogP contribution >= 0.6 is 0 Å². The molecule has 17 heavy (non-hydrogen) atoms. The molecule has 3 nitrogen and oxygen atoms in total. The second kappa shape index (κ2) is 4.96. The van der Waals surface area contributed by atoms with Gasteiger partial charge in [0.05, 0.1) is 13.2 Å². The number of rotatable bonds is 3. The van der Waals surface area contributed by atoms with Crippen molar-refractivity contribution in [2.45, 2.75) is 20.3 Å². The van der Waals surface area contributed by atoms with Crippen LogP contribution in [-0.4, -0.2) is 26.8 Å². The minimum atomic E-state index is 0.0736. The van der Waals surface area contributed by atoms with Gasteiger partial charge in [-0.1, -0.05) is 19.9 Å². The molecular weight excluding hydrogens is 214 g/mol. The highest BCUT2D eigenvalue weighted by atomic mass is 16.5. The molecule has 0 radical (unpaired) electrons. The monoisotopic (exact) mass is 235 g/mol. The molecule has 1 aliphatic rings. The van der Waals surface area contributed by atoms with Crippen molar-refractivity contribution in [3.05, 3.63) is 23.8 Å². The highest BCUT2D eigenvalue weighted by Gasteiger charge is 2.25. The lowest BCUT2D eigenvalue weighted by molar-refractivity contribution is 0.140. The van der Waals surface area contributed by atoms with Crippen LogP contribution in [0.15, 0.2) is 18.2 Å². The van der Waals surface area contributed by atoms with Gasteiger partial charge in [-0.15, -0.1) is 0 Å². The van der Waals surface area contributed by atoms with Crippen molar-refractivity contribution in [2.24, 2.45) is 5.41 Å². The number of benzene rings is 1. The van der Waals surface area contributed by atoms with E-state index in [1.165, 1.54) is 5.56 Å². The summed E-state index contributed by atoms with van der Waals surface area (Å²) in [4.78, 5) is 0. The van der Waals surface area contributed by atoms with Crippen molar-refractivity contribution < 1.29 is 9.47 Å². The van der Waals surface area contributed by atoms with Crippen molar-refractivity contribution in [1.82, 2.24) is 5.32 Å². The van der Waals surface area contributed by atoms with E-state index in [4.69, 9.17) is 9.47 Å². The second-order valence-electron chi connectivity index (χ2n) is 5.38. The Morgan fingerprint density at radius 1 is 1.18 bits per heavy atom. The van der Waals surface area contributed by atoms with Gasteiger partial charge >= 0.3 is 0 Å². The molecular formula is C14H21NO2. The highest BCUT2D eigenvalue weighted by Crippen LogP contribution is 2.34. The third-order valence-corrected chi connectivity index (χ3v) is 2.91. The van der Waals surface area contributed by atoms with Gasteiger partial charge < -0.3 is 14.8 Å². The summed E-state index contributed by atoms with van der Waals surface area (Å²) in [5, 5.41) is 3.15. The maximum Gasteiger partial charge on any atom is 0.161 e. The topological polar surface area (TPSA) is 30.5 Å². The highest BCUT2D eigenvalue weighted by molar-refractivity contribution is 5.43. The number of likely N-dealkylation sites (N-methyl/N-ethyl adjacent to an activating group) is 1. The molecule has 0 saturated carbocycles. The van der Waals surface area contributed by atoms with E-state index in [0.717, 1.165) is 24.5 Å². The van der Waals surface area contributed by atoms with Crippen molar-refractivity contribution in [3.8, 4) is 11.5 Å². The number of ether oxygens (including phenoxy) is 2. The molecule has 94 valence electrons. The van der Waals surface area contributed by atoms with E-state index < -0.39 is 0 Å². The molecule has 1 heterocycles. The van der Waals surface area contributed by atoms with Gasteiger partial charge in [0.2, 0.25) is 0 Å². The average molecular weight is 235 g/mol. The smallest absolute Gasteiger partial charge is 0.161 e. The van der Waals surface area contributed by atoms with Gasteiger partial charge in [-0.3, -0.25) is 0 Å². The summed E-state index contributed by atoms with van der Waals surface area (Å²) in [7, 11) is 1.96. The summed E-state index contributed by atoms with van der Waals surface area (Å²) in [6.45, 7) is 6.69. The third-order valence-electron chi connectivity index (χ3n) is 2.91. The van der Waals surface area contributed by atoms with Crippen LogP contribution in [0.1, 0.15) is 19.4 Å². The van der Waals surface area contributed by atoms with Crippen molar-refractivity contribution in [2.75, 3.05) is 26.8 Å². The molecule has 1 aliphatic heterocycles. The predicted octanol–water partition coefficient (Wildman–Crippen LogP) is 2.25. The van der Waals surface area contributed by atoms with Crippen LogP contribution in [0.25, 0.3) is 0 Å². The van der Waals surface area contributed by atoms with E-state index in [2.05, 4.69) is 31.3 Å². The first kappa shape index (κ1) is 12.2. The summed E-state index contributed by atoms with van der Waals surface area (Å²) < 4.78 is 11.6. The Balaban J connectivity index is 2.14. The zero-order chi connectivity index (χ0) is 12.3. The Kier molecular flexibility index (Phi) is 3.57. The lowest BCUT2D eigenvalue weighted by Crippen LogP contribution is -2.26. The zero-order valence-corrected chi connectivity index (χ0v) is 10.9. The Morgan fingerprint density at radius 3 is 2.59 bits per heavy atom. The molecule has 0 saturated heterocycles. The van der Waals surface area contributed by atoms with Crippen LogP contribution in [-0.2, 0) is 6.42 Å². The molecule has 2 rings (SSSR count). The minimum absolute atomic E-state index is 0.0736. The maximum absolute atomic E-state index is 5.84. The van der Waals surface area contributed by atoms with Gasteiger partial charge in [0.25, 0.3) is 0 Å². The largest absolute Gasteiger partial charge is 0.489 e. The standard InChI is InChI=1S/C14H21NO2/c1-14(2)9-16-12-5-4-11(6-7-15-3)8-13(12)17-10-14/h4-5,8,15H,6-7,9-10H2,1-3H3. The van der Waals surface area contributed by atoms with Crippen LogP contribution in [0.5, 0.6) is 11.5 Å². The average Bonchev–Trinajstić information content (AvgIpc) is 2.46. The Morgan fingerprint density at radius 2 is 1.88 bits per heavy atom. The van der Waals surface area contributed by atoms with Gasteiger partial charge in [-0.05, 0) is 37.7 Å². The van der Waals surface area contributed by atoms with E-state index >= 15 is 0 Å². The Bertz CT molecular complexity index is 388. The molecule has 0 bridgehead atoms. The zero-order valence-electron chi connectivity index (χ0n) is 10.9. The molecule has 1 N–H and O–H groups in total. The van der Waals surface area contributed by atoms with Crippen molar-refractivity contribution in [1.29, 1.82) is 0 Å². The van der Waals surface area contributed by atoms with Crippen LogP contribution in [0.3, 0.4) is 0 Å². The summed E-state index contributed by atoms with van der Waals surface area (Å²) >= 11 is 0. The number of hydrogen-bond donors (Lipinski definition) is 1. The normalized spacial score (nSPS) is 17.6. The quantitative estimate of drug-likeness (QED) is 0.871. The van der Waals surface area contributed by atoms with Crippen LogP contribution < -0.4 is 14.8 Å². The van der Waals surface area contributed by atoms with E-state index in [1.54, 1.807) is 0 Å². The van der Waals surface area contributed by atoms with Gasteiger partial charge in [-0.25, -0.2) is 0 Å². The van der Waals surface area contributed by atoms with Crippen molar-refractivity contribution >= 4 is 0 Å². The Labute approximate surface area is 103 Å². The maximum atomic E-state index is 5.84. The summed E-state index contributed by atoms with van der Waals surface area (Å²) in [5.74, 6) is 1.74. The molecule has 0 atom stereocenters. The fourth-order valence-corrected chi connectivity index (χ4v) is 1.80. The fourth-order valence-electron chi connectivity index (χ4n) is 1.80. The minimum Gasteiger partial charge on any atom is -0.489 e. The van der Waals surface area contributed by atoms with E-state index in [9.17, 15) is 0 Å². The van der Waals surface area contributed by atoms with Gasteiger partial charge in [0, 0.05) is 5.41 Å². The molecule has 1 aromatic carbocycles.